The molecule has 0 bridgehead atoms. The molecule has 1 aromatic carbocycles. The van der Waals surface area contributed by atoms with Gasteiger partial charge in [-0.3, -0.25) is 14.4 Å². The Labute approximate surface area is 230 Å². The summed E-state index contributed by atoms with van der Waals surface area (Å²) in [6, 6.07) is 9.38. The third-order valence-electron chi connectivity index (χ3n) is 7.71. The van der Waals surface area contributed by atoms with E-state index >= 15 is 0 Å². The zero-order valence-corrected chi connectivity index (χ0v) is 23.8. The van der Waals surface area contributed by atoms with Crippen molar-refractivity contribution in [2.75, 3.05) is 0 Å². The van der Waals surface area contributed by atoms with Crippen molar-refractivity contribution in [2.45, 2.75) is 135 Å². The summed E-state index contributed by atoms with van der Waals surface area (Å²) in [5.74, 6) is -2.54. The van der Waals surface area contributed by atoms with E-state index in [0.29, 0.717) is 12.8 Å². The molecule has 4 atom stereocenters. The molecule has 38 heavy (non-hydrogen) atoms. The maximum Gasteiger partial charge on any atom is 0.319 e. The van der Waals surface area contributed by atoms with Crippen LogP contribution in [0.2, 0.25) is 0 Å². The van der Waals surface area contributed by atoms with Gasteiger partial charge in [0.25, 0.3) is 0 Å². The number of carbonyl (C=O) groups excluding carboxylic acids is 3. The van der Waals surface area contributed by atoms with E-state index in [2.05, 4.69) is 13.8 Å². The second kappa shape index (κ2) is 18.8. The molecule has 1 aliphatic heterocycles. The number of hydrogen-bond acceptors (Lipinski definition) is 5. The largest absolute Gasteiger partial charge is 0.462 e. The lowest BCUT2D eigenvalue weighted by molar-refractivity contribution is -0.190. The van der Waals surface area contributed by atoms with Crippen LogP contribution in [-0.2, 0) is 30.3 Å². The molecule has 2 rings (SSSR count). The van der Waals surface area contributed by atoms with E-state index in [-0.39, 0.29) is 30.5 Å². The first-order valence-corrected chi connectivity index (χ1v) is 15.2. The van der Waals surface area contributed by atoms with E-state index in [4.69, 9.17) is 15.2 Å². The van der Waals surface area contributed by atoms with Crippen molar-refractivity contribution in [1.82, 2.24) is 0 Å². The van der Waals surface area contributed by atoms with Gasteiger partial charge in [-0.15, -0.1) is 0 Å². The number of hydrogen-bond donors (Lipinski definition) is 1. The standard InChI is InChI=1S/C32H51NO5/c1-3-5-7-9-10-11-12-13-17-21-26(24-29-27(31(35)38-29)22-18-8-6-4-2)37-32(36)28(30(33)34)23-25-19-15-14-16-20-25/h14-16,19-20,26-29H,3-13,17-18,21-24H2,1-2H3,(H2,33,34)/t26-,27-,28?,29-/m0/s1. The third kappa shape index (κ3) is 12.0. The number of primary amides is 1. The lowest BCUT2D eigenvalue weighted by Crippen LogP contribution is -2.47. The molecular weight excluding hydrogens is 478 g/mol. The van der Waals surface area contributed by atoms with Gasteiger partial charge in [0.15, 0.2) is 0 Å². The molecule has 0 spiro atoms. The molecule has 0 aliphatic carbocycles. The molecular formula is C32H51NO5. The van der Waals surface area contributed by atoms with Crippen LogP contribution in [0.25, 0.3) is 0 Å². The maximum atomic E-state index is 13.1. The Morgan fingerprint density at radius 2 is 1.45 bits per heavy atom. The lowest BCUT2D eigenvalue weighted by atomic mass is 9.86. The zero-order valence-electron chi connectivity index (χ0n) is 23.8. The van der Waals surface area contributed by atoms with Gasteiger partial charge < -0.3 is 15.2 Å². The van der Waals surface area contributed by atoms with Gasteiger partial charge in [-0.25, -0.2) is 0 Å². The maximum absolute atomic E-state index is 13.1. The van der Waals surface area contributed by atoms with Crippen LogP contribution in [0.5, 0.6) is 0 Å². The Balaban J connectivity index is 1.92. The van der Waals surface area contributed by atoms with E-state index in [1.807, 2.05) is 30.3 Å². The van der Waals surface area contributed by atoms with Crippen molar-refractivity contribution in [1.29, 1.82) is 0 Å². The van der Waals surface area contributed by atoms with Gasteiger partial charge >= 0.3 is 11.9 Å². The number of cyclic esters (lactones) is 1. The molecule has 1 amide bonds. The average Bonchev–Trinajstić information content (AvgIpc) is 2.90. The first kappa shape index (κ1) is 31.8. The van der Waals surface area contributed by atoms with Gasteiger partial charge in [-0.05, 0) is 31.2 Å². The van der Waals surface area contributed by atoms with Gasteiger partial charge in [0.1, 0.15) is 18.1 Å². The SMILES string of the molecule is CCCCCCCCCCC[C@@H](C[C@@H]1OC(=O)[C@H]1CCCCCC)OC(=O)C(Cc1ccccc1)C(N)=O. The van der Waals surface area contributed by atoms with E-state index in [9.17, 15) is 14.4 Å². The lowest BCUT2D eigenvalue weighted by Gasteiger charge is -2.37. The monoisotopic (exact) mass is 529 g/mol. The van der Waals surface area contributed by atoms with Crippen LogP contribution in [0.4, 0.5) is 0 Å². The molecule has 2 N–H and O–H groups in total. The van der Waals surface area contributed by atoms with E-state index in [1.165, 1.54) is 51.4 Å². The second-order valence-corrected chi connectivity index (χ2v) is 11.0. The number of benzene rings is 1. The fourth-order valence-corrected chi connectivity index (χ4v) is 5.27. The Morgan fingerprint density at radius 3 is 2.03 bits per heavy atom. The van der Waals surface area contributed by atoms with Crippen molar-refractivity contribution < 1.29 is 23.9 Å². The first-order chi connectivity index (χ1) is 18.5. The zero-order chi connectivity index (χ0) is 27.6. The highest BCUT2D eigenvalue weighted by Crippen LogP contribution is 2.33. The van der Waals surface area contributed by atoms with Crippen LogP contribution in [0, 0.1) is 11.8 Å². The van der Waals surface area contributed by atoms with E-state index in [0.717, 1.165) is 44.1 Å². The number of ether oxygens (including phenoxy) is 2. The van der Waals surface area contributed by atoms with Crippen LogP contribution in [0.1, 0.15) is 122 Å². The van der Waals surface area contributed by atoms with Crippen LogP contribution in [0.3, 0.4) is 0 Å². The molecule has 1 unspecified atom stereocenters. The van der Waals surface area contributed by atoms with Crippen LogP contribution in [0.15, 0.2) is 30.3 Å². The Hall–Kier alpha value is -2.37. The Morgan fingerprint density at radius 1 is 0.868 bits per heavy atom. The summed E-state index contributed by atoms with van der Waals surface area (Å²) in [6.45, 7) is 4.40. The highest BCUT2D eigenvalue weighted by atomic mass is 16.6. The van der Waals surface area contributed by atoms with Crippen LogP contribution in [-0.4, -0.2) is 30.1 Å². The highest BCUT2D eigenvalue weighted by molar-refractivity contribution is 5.97. The van der Waals surface area contributed by atoms with Crippen molar-refractivity contribution >= 4 is 17.8 Å². The number of esters is 2. The fourth-order valence-electron chi connectivity index (χ4n) is 5.27. The summed E-state index contributed by atoms with van der Waals surface area (Å²) in [5.41, 5.74) is 6.47. The van der Waals surface area contributed by atoms with Gasteiger partial charge in [0.2, 0.25) is 5.91 Å². The summed E-state index contributed by atoms with van der Waals surface area (Å²) < 4.78 is 11.4. The van der Waals surface area contributed by atoms with Gasteiger partial charge in [0, 0.05) is 6.42 Å². The van der Waals surface area contributed by atoms with Crippen molar-refractivity contribution in [3.05, 3.63) is 35.9 Å². The van der Waals surface area contributed by atoms with Crippen molar-refractivity contribution in [3.63, 3.8) is 0 Å². The molecule has 0 aromatic heterocycles. The Kier molecular flexibility index (Phi) is 15.8. The van der Waals surface area contributed by atoms with Gasteiger partial charge in [0.05, 0.1) is 5.92 Å². The molecule has 1 aliphatic rings. The molecule has 6 nitrogen and oxygen atoms in total. The molecule has 1 heterocycles. The molecule has 1 saturated heterocycles. The minimum atomic E-state index is -1.03. The van der Waals surface area contributed by atoms with Crippen LogP contribution >= 0.6 is 0 Å². The summed E-state index contributed by atoms with van der Waals surface area (Å²) in [7, 11) is 0. The molecule has 0 radical (unpaired) electrons. The predicted octanol–water partition coefficient (Wildman–Crippen LogP) is 7.07. The number of rotatable bonds is 22. The van der Waals surface area contributed by atoms with Gasteiger partial charge in [-0.2, -0.15) is 0 Å². The average molecular weight is 530 g/mol. The smallest absolute Gasteiger partial charge is 0.319 e. The second-order valence-electron chi connectivity index (χ2n) is 11.0. The number of amides is 1. The van der Waals surface area contributed by atoms with Gasteiger partial charge in [-0.1, -0.05) is 121 Å². The normalized spacial score (nSPS) is 18.3. The predicted molar refractivity (Wildman–Crippen MR) is 151 cm³/mol. The number of carbonyl (C=O) groups is 3. The first-order valence-electron chi connectivity index (χ1n) is 15.2. The summed E-state index contributed by atoms with van der Waals surface area (Å²) in [6.07, 6.45) is 17.0. The summed E-state index contributed by atoms with van der Waals surface area (Å²) in [4.78, 5) is 37.4. The van der Waals surface area contributed by atoms with Crippen LogP contribution < -0.4 is 5.73 Å². The minimum Gasteiger partial charge on any atom is -0.462 e. The number of unbranched alkanes of at least 4 members (excludes halogenated alkanes) is 11. The Bertz CT molecular complexity index is 811. The fraction of sp³-hybridized carbons (Fsp3) is 0.719. The topological polar surface area (TPSA) is 95.7 Å². The van der Waals surface area contributed by atoms with E-state index in [1.54, 1.807) is 0 Å². The summed E-state index contributed by atoms with van der Waals surface area (Å²) in [5, 5.41) is 0. The highest BCUT2D eigenvalue weighted by Gasteiger charge is 2.43. The molecule has 1 aromatic rings. The molecule has 214 valence electrons. The summed E-state index contributed by atoms with van der Waals surface area (Å²) >= 11 is 0. The van der Waals surface area contributed by atoms with Crippen molar-refractivity contribution in [3.8, 4) is 0 Å². The third-order valence-corrected chi connectivity index (χ3v) is 7.71. The molecule has 0 saturated carbocycles. The minimum absolute atomic E-state index is 0.118. The molecule has 1 fully saturated rings. The van der Waals surface area contributed by atoms with E-state index < -0.39 is 17.8 Å². The molecule has 6 heteroatoms. The quantitative estimate of drug-likeness (QED) is 0.0985. The van der Waals surface area contributed by atoms with Crippen molar-refractivity contribution in [2.24, 2.45) is 17.6 Å². The number of nitrogens with two attached hydrogens (primary N) is 1.